The topological polar surface area (TPSA) is 75.1 Å². The minimum absolute atomic E-state index is 0.159. The van der Waals surface area contributed by atoms with Gasteiger partial charge in [-0.3, -0.25) is 9.89 Å². The van der Waals surface area contributed by atoms with Crippen molar-refractivity contribution >= 4 is 34.1 Å². The van der Waals surface area contributed by atoms with Gasteiger partial charge in [-0.2, -0.15) is 5.10 Å². The van der Waals surface area contributed by atoms with Gasteiger partial charge in [-0.15, -0.1) is 0 Å². The third-order valence-corrected chi connectivity index (χ3v) is 5.05. The number of nitrogens with zero attached hydrogens (tertiary/aromatic N) is 3. The Balaban J connectivity index is 1.37. The lowest BCUT2D eigenvalue weighted by molar-refractivity contribution is 0.0952. The molecule has 29 heavy (non-hydrogen) atoms. The molecule has 0 bridgehead atoms. The Kier molecular flexibility index (Phi) is 4.26. The average Bonchev–Trinajstić information content (AvgIpc) is 3.37. The lowest BCUT2D eigenvalue weighted by Crippen LogP contribution is -2.23. The van der Waals surface area contributed by atoms with Crippen molar-refractivity contribution in [3.63, 3.8) is 0 Å². The highest BCUT2D eigenvalue weighted by atomic mass is 35.5. The average molecular weight is 402 g/mol. The quantitative estimate of drug-likeness (QED) is 0.467. The molecule has 0 aliphatic carbocycles. The smallest absolute Gasteiger partial charge is 0.252 e. The van der Waals surface area contributed by atoms with Crippen LogP contribution in [0.3, 0.4) is 0 Å². The molecule has 1 amide bonds. The molecule has 0 spiro atoms. The van der Waals surface area contributed by atoms with Crippen molar-refractivity contribution < 1.29 is 4.79 Å². The molecule has 5 aromatic rings. The number of hydrogen-bond donors (Lipinski definition) is 2. The lowest BCUT2D eigenvalue weighted by atomic mass is 10.1. The molecule has 5 rings (SSSR count). The maximum atomic E-state index is 12.6. The SMILES string of the molecule is O=C(NCc1cn2cc(-c3cccc(Cl)c3)ccc2n1)c1cccc2[nH]ncc12. The Bertz CT molecular complexity index is 1350. The number of nitrogens with one attached hydrogen (secondary N) is 2. The fourth-order valence-electron chi connectivity index (χ4n) is 3.40. The Labute approximate surface area is 171 Å². The predicted octanol–water partition coefficient (Wildman–Crippen LogP) is 4.46. The predicted molar refractivity (Wildman–Crippen MR) is 113 cm³/mol. The van der Waals surface area contributed by atoms with E-state index in [0.717, 1.165) is 33.4 Å². The van der Waals surface area contributed by atoms with Crippen LogP contribution < -0.4 is 5.32 Å². The third-order valence-electron chi connectivity index (χ3n) is 4.82. The number of fused-ring (bicyclic) bond motifs is 2. The maximum absolute atomic E-state index is 12.6. The van der Waals surface area contributed by atoms with E-state index in [9.17, 15) is 4.79 Å². The van der Waals surface area contributed by atoms with E-state index in [4.69, 9.17) is 11.6 Å². The molecule has 3 aromatic heterocycles. The molecular formula is C22H16ClN5O. The van der Waals surface area contributed by atoms with Gasteiger partial charge in [0.2, 0.25) is 0 Å². The molecule has 0 atom stereocenters. The maximum Gasteiger partial charge on any atom is 0.252 e. The Hall–Kier alpha value is -3.64. The summed E-state index contributed by atoms with van der Waals surface area (Å²) in [4.78, 5) is 17.2. The zero-order chi connectivity index (χ0) is 19.8. The molecule has 142 valence electrons. The zero-order valence-corrected chi connectivity index (χ0v) is 16.0. The first-order valence-electron chi connectivity index (χ1n) is 9.11. The van der Waals surface area contributed by atoms with Crippen LogP contribution in [0.5, 0.6) is 0 Å². The van der Waals surface area contributed by atoms with E-state index >= 15 is 0 Å². The molecule has 0 unspecified atom stereocenters. The normalized spacial score (nSPS) is 11.2. The first-order chi connectivity index (χ1) is 14.2. The molecule has 0 fully saturated rings. The van der Waals surface area contributed by atoms with Crippen LogP contribution in [0.25, 0.3) is 27.7 Å². The molecule has 0 aliphatic rings. The van der Waals surface area contributed by atoms with E-state index in [2.05, 4.69) is 20.5 Å². The number of benzene rings is 2. The van der Waals surface area contributed by atoms with Crippen molar-refractivity contribution in [2.24, 2.45) is 0 Å². The van der Waals surface area contributed by atoms with Crippen LogP contribution in [0, 0.1) is 0 Å². The van der Waals surface area contributed by atoms with Gasteiger partial charge in [-0.05, 0) is 47.5 Å². The molecule has 2 aromatic carbocycles. The summed E-state index contributed by atoms with van der Waals surface area (Å²) in [5.74, 6) is -0.159. The number of carbonyl (C=O) groups is 1. The van der Waals surface area contributed by atoms with Gasteiger partial charge in [0.15, 0.2) is 0 Å². The summed E-state index contributed by atoms with van der Waals surface area (Å²) >= 11 is 6.10. The number of amides is 1. The van der Waals surface area contributed by atoms with Gasteiger partial charge >= 0.3 is 0 Å². The summed E-state index contributed by atoms with van der Waals surface area (Å²) in [5.41, 5.74) is 5.09. The van der Waals surface area contributed by atoms with Crippen LogP contribution in [0.15, 0.2) is 73.2 Å². The number of imidazole rings is 1. The number of H-pyrrole nitrogens is 1. The number of aromatic amines is 1. The van der Waals surface area contributed by atoms with Gasteiger partial charge < -0.3 is 9.72 Å². The number of aromatic nitrogens is 4. The van der Waals surface area contributed by atoms with Crippen molar-refractivity contribution in [2.75, 3.05) is 0 Å². The number of halogens is 1. The lowest BCUT2D eigenvalue weighted by Gasteiger charge is -2.04. The second-order valence-electron chi connectivity index (χ2n) is 6.75. The molecule has 2 N–H and O–H groups in total. The van der Waals surface area contributed by atoms with Crippen molar-refractivity contribution in [3.8, 4) is 11.1 Å². The van der Waals surface area contributed by atoms with Crippen LogP contribution in [0.1, 0.15) is 16.1 Å². The van der Waals surface area contributed by atoms with Crippen LogP contribution in [-0.4, -0.2) is 25.5 Å². The third kappa shape index (κ3) is 3.34. The number of hydrogen-bond acceptors (Lipinski definition) is 3. The highest BCUT2D eigenvalue weighted by Crippen LogP contribution is 2.23. The van der Waals surface area contributed by atoms with Gasteiger partial charge in [-0.25, -0.2) is 4.98 Å². The first-order valence-corrected chi connectivity index (χ1v) is 9.49. The van der Waals surface area contributed by atoms with Crippen molar-refractivity contribution in [1.29, 1.82) is 0 Å². The number of pyridine rings is 1. The van der Waals surface area contributed by atoms with E-state index in [1.54, 1.807) is 12.3 Å². The van der Waals surface area contributed by atoms with Crippen LogP contribution in [-0.2, 0) is 6.54 Å². The summed E-state index contributed by atoms with van der Waals surface area (Å²) in [5, 5.41) is 11.3. The fourth-order valence-corrected chi connectivity index (χ4v) is 3.59. The van der Waals surface area contributed by atoms with Crippen molar-refractivity contribution in [2.45, 2.75) is 6.54 Å². The number of rotatable bonds is 4. The molecule has 3 heterocycles. The zero-order valence-electron chi connectivity index (χ0n) is 15.3. The Morgan fingerprint density at radius 1 is 1.07 bits per heavy atom. The Morgan fingerprint density at radius 3 is 2.86 bits per heavy atom. The van der Waals surface area contributed by atoms with Gasteiger partial charge in [0.25, 0.3) is 5.91 Å². The van der Waals surface area contributed by atoms with E-state index in [1.807, 2.05) is 65.3 Å². The summed E-state index contributed by atoms with van der Waals surface area (Å²) in [6.45, 7) is 0.335. The highest BCUT2D eigenvalue weighted by molar-refractivity contribution is 6.30. The minimum Gasteiger partial charge on any atom is -0.346 e. The Morgan fingerprint density at radius 2 is 1.97 bits per heavy atom. The second kappa shape index (κ2) is 7.07. The summed E-state index contributed by atoms with van der Waals surface area (Å²) in [7, 11) is 0. The van der Waals surface area contributed by atoms with E-state index in [1.165, 1.54) is 0 Å². The molecule has 0 saturated heterocycles. The standard InChI is InChI=1S/C22H16ClN5O/c23-16-4-1-3-14(9-16)15-7-8-21-26-17(13-28(21)12-15)10-24-22(29)18-5-2-6-20-19(18)11-25-27-20/h1-9,11-13H,10H2,(H,24,29)(H,25,27). The first kappa shape index (κ1) is 17.5. The van der Waals surface area contributed by atoms with Gasteiger partial charge in [0.05, 0.1) is 29.5 Å². The van der Waals surface area contributed by atoms with Crippen LogP contribution >= 0.6 is 11.6 Å². The summed E-state index contributed by atoms with van der Waals surface area (Å²) in [6.07, 6.45) is 5.58. The van der Waals surface area contributed by atoms with Crippen molar-refractivity contribution in [1.82, 2.24) is 24.9 Å². The number of carbonyl (C=O) groups excluding carboxylic acids is 1. The van der Waals surface area contributed by atoms with Crippen LogP contribution in [0.4, 0.5) is 0 Å². The largest absolute Gasteiger partial charge is 0.346 e. The van der Waals surface area contributed by atoms with Gasteiger partial charge in [0.1, 0.15) is 5.65 Å². The van der Waals surface area contributed by atoms with Gasteiger partial charge in [-0.1, -0.05) is 29.8 Å². The molecular weight excluding hydrogens is 386 g/mol. The van der Waals surface area contributed by atoms with Crippen LogP contribution in [0.2, 0.25) is 5.02 Å². The van der Waals surface area contributed by atoms with E-state index in [0.29, 0.717) is 17.1 Å². The fraction of sp³-hybridized carbons (Fsp3) is 0.0455. The molecule has 0 saturated carbocycles. The second-order valence-corrected chi connectivity index (χ2v) is 7.18. The molecule has 0 radical (unpaired) electrons. The van der Waals surface area contributed by atoms with E-state index < -0.39 is 0 Å². The molecule has 6 nitrogen and oxygen atoms in total. The van der Waals surface area contributed by atoms with Gasteiger partial charge in [0, 0.05) is 22.8 Å². The van der Waals surface area contributed by atoms with Crippen molar-refractivity contribution in [3.05, 3.63) is 89.5 Å². The van der Waals surface area contributed by atoms with E-state index in [-0.39, 0.29) is 5.91 Å². The molecule has 7 heteroatoms. The minimum atomic E-state index is -0.159. The highest BCUT2D eigenvalue weighted by Gasteiger charge is 2.12. The molecule has 0 aliphatic heterocycles. The summed E-state index contributed by atoms with van der Waals surface area (Å²) in [6, 6.07) is 17.2. The monoisotopic (exact) mass is 401 g/mol. The summed E-state index contributed by atoms with van der Waals surface area (Å²) < 4.78 is 1.95.